The summed E-state index contributed by atoms with van der Waals surface area (Å²) in [4.78, 5) is 24.0. The van der Waals surface area contributed by atoms with Gasteiger partial charge in [0.05, 0.1) is 19.3 Å². The Hall–Kier alpha value is -2.58. The first-order valence-electron chi connectivity index (χ1n) is 6.82. The smallest absolute Gasteiger partial charge is 0.272 e. The second-order valence-electron chi connectivity index (χ2n) is 4.73. The zero-order valence-corrected chi connectivity index (χ0v) is 12.4. The van der Waals surface area contributed by atoms with Crippen molar-refractivity contribution in [3.8, 4) is 5.69 Å². The van der Waals surface area contributed by atoms with Gasteiger partial charge in [-0.2, -0.15) is 9.78 Å². The maximum absolute atomic E-state index is 13.8. The average Bonchev–Trinajstić information content (AvgIpc) is 2.55. The largest absolute Gasteiger partial charge is 0.394 e. The topological polar surface area (TPSA) is 93.5 Å². The molecular formula is C15H16FN3O4. The highest BCUT2D eigenvalue weighted by molar-refractivity contribution is 5.92. The number of nitrogens with zero attached hydrogens (tertiary/aromatic N) is 2. The van der Waals surface area contributed by atoms with Crippen LogP contribution in [0.2, 0.25) is 0 Å². The van der Waals surface area contributed by atoms with Gasteiger partial charge in [0.15, 0.2) is 0 Å². The fraction of sp³-hybridized carbons (Fsp3) is 0.267. The number of carbonyl (C=O) groups excluding carboxylic acids is 1. The van der Waals surface area contributed by atoms with Crippen LogP contribution in [-0.2, 0) is 4.74 Å². The monoisotopic (exact) mass is 321 g/mol. The molecule has 122 valence electrons. The minimum absolute atomic E-state index is 0.0530. The van der Waals surface area contributed by atoms with Crippen LogP contribution >= 0.6 is 0 Å². The van der Waals surface area contributed by atoms with E-state index in [0.29, 0.717) is 0 Å². The Morgan fingerprint density at radius 1 is 1.39 bits per heavy atom. The van der Waals surface area contributed by atoms with Crippen LogP contribution in [-0.4, -0.2) is 47.2 Å². The standard InChI is InChI=1S/C15H16FN3O4/c1-23-9-10(8-20)17-15(22)12-6-7-14(21)19(18-12)13-5-3-2-4-11(13)16/h2-7,10,20H,8-9H2,1H3,(H,17,22)/t10-/m0/s1. The lowest BCUT2D eigenvalue weighted by molar-refractivity contribution is 0.0833. The first-order chi connectivity index (χ1) is 11.1. The van der Waals surface area contributed by atoms with Gasteiger partial charge >= 0.3 is 0 Å². The van der Waals surface area contributed by atoms with Crippen molar-refractivity contribution >= 4 is 5.91 Å². The van der Waals surface area contributed by atoms with Crippen molar-refractivity contribution in [2.45, 2.75) is 6.04 Å². The summed E-state index contributed by atoms with van der Waals surface area (Å²) in [6, 6.07) is 7.36. The van der Waals surface area contributed by atoms with Crippen LogP contribution in [0.25, 0.3) is 5.69 Å². The SMILES string of the molecule is COC[C@H](CO)NC(=O)c1ccc(=O)n(-c2ccccc2F)n1. The Labute approximate surface area is 131 Å². The van der Waals surface area contributed by atoms with Crippen LogP contribution in [0.1, 0.15) is 10.5 Å². The fourth-order valence-corrected chi connectivity index (χ4v) is 1.93. The number of aromatic nitrogens is 2. The zero-order chi connectivity index (χ0) is 16.8. The molecule has 1 aromatic heterocycles. The number of methoxy groups -OCH3 is 1. The van der Waals surface area contributed by atoms with Crippen molar-refractivity contribution in [2.24, 2.45) is 0 Å². The number of nitrogens with one attached hydrogen (secondary N) is 1. The molecule has 0 unspecified atom stereocenters. The van der Waals surface area contributed by atoms with E-state index < -0.39 is 23.3 Å². The van der Waals surface area contributed by atoms with E-state index in [2.05, 4.69) is 10.4 Å². The molecule has 0 radical (unpaired) electrons. The van der Waals surface area contributed by atoms with Gasteiger partial charge in [-0.3, -0.25) is 9.59 Å². The van der Waals surface area contributed by atoms with Gasteiger partial charge in [-0.05, 0) is 18.2 Å². The number of carbonyl (C=O) groups is 1. The zero-order valence-electron chi connectivity index (χ0n) is 12.4. The number of amides is 1. The Kier molecular flexibility index (Phi) is 5.56. The molecule has 0 aliphatic rings. The lowest BCUT2D eigenvalue weighted by atomic mass is 10.3. The van der Waals surface area contributed by atoms with E-state index in [1.807, 2.05) is 0 Å². The first-order valence-corrected chi connectivity index (χ1v) is 6.82. The lowest BCUT2D eigenvalue weighted by Crippen LogP contribution is -2.41. The highest BCUT2D eigenvalue weighted by atomic mass is 19.1. The third kappa shape index (κ3) is 3.99. The van der Waals surface area contributed by atoms with Crippen LogP contribution in [0.3, 0.4) is 0 Å². The van der Waals surface area contributed by atoms with Crippen LogP contribution in [0, 0.1) is 5.82 Å². The van der Waals surface area contributed by atoms with Gasteiger partial charge in [0.2, 0.25) is 0 Å². The molecule has 0 fully saturated rings. The molecule has 1 amide bonds. The summed E-state index contributed by atoms with van der Waals surface area (Å²) >= 11 is 0. The number of aliphatic hydroxyl groups excluding tert-OH is 1. The summed E-state index contributed by atoms with van der Waals surface area (Å²) in [5, 5.41) is 15.5. The van der Waals surface area contributed by atoms with Crippen LogP contribution < -0.4 is 10.9 Å². The normalized spacial score (nSPS) is 12.0. The van der Waals surface area contributed by atoms with Gasteiger partial charge in [0, 0.05) is 13.2 Å². The maximum Gasteiger partial charge on any atom is 0.272 e. The van der Waals surface area contributed by atoms with Crippen molar-refractivity contribution in [2.75, 3.05) is 20.3 Å². The van der Waals surface area contributed by atoms with E-state index in [-0.39, 0.29) is 24.6 Å². The first kappa shape index (κ1) is 16.8. The molecule has 1 heterocycles. The molecule has 0 bridgehead atoms. The summed E-state index contributed by atoms with van der Waals surface area (Å²) in [5.41, 5.74) is -0.701. The Balaban J connectivity index is 2.32. The quantitative estimate of drug-likeness (QED) is 0.787. The van der Waals surface area contributed by atoms with Crippen molar-refractivity contribution in [3.63, 3.8) is 0 Å². The number of hydrogen-bond acceptors (Lipinski definition) is 5. The maximum atomic E-state index is 13.8. The highest BCUT2D eigenvalue weighted by Gasteiger charge is 2.16. The number of para-hydroxylation sites is 1. The number of halogens is 1. The predicted molar refractivity (Wildman–Crippen MR) is 80.0 cm³/mol. The number of hydrogen-bond donors (Lipinski definition) is 2. The summed E-state index contributed by atoms with van der Waals surface area (Å²) < 4.78 is 19.5. The lowest BCUT2D eigenvalue weighted by Gasteiger charge is -2.15. The molecule has 2 aromatic rings. The number of rotatable bonds is 6. The molecular weight excluding hydrogens is 305 g/mol. The Morgan fingerprint density at radius 3 is 2.78 bits per heavy atom. The van der Waals surface area contributed by atoms with Gasteiger partial charge in [-0.25, -0.2) is 4.39 Å². The van der Waals surface area contributed by atoms with Crippen molar-refractivity contribution in [1.82, 2.24) is 15.1 Å². The van der Waals surface area contributed by atoms with Crippen molar-refractivity contribution < 1.29 is 19.0 Å². The third-order valence-electron chi connectivity index (χ3n) is 3.04. The minimum Gasteiger partial charge on any atom is -0.394 e. The molecule has 2 rings (SSSR count). The molecule has 0 aliphatic heterocycles. The summed E-state index contributed by atoms with van der Waals surface area (Å²) in [5.74, 6) is -1.24. The minimum atomic E-state index is -0.632. The van der Waals surface area contributed by atoms with E-state index in [1.54, 1.807) is 6.07 Å². The number of ether oxygens (including phenoxy) is 1. The Morgan fingerprint density at radius 2 is 2.13 bits per heavy atom. The molecule has 8 heteroatoms. The van der Waals surface area contributed by atoms with Gasteiger partial charge < -0.3 is 15.2 Å². The van der Waals surface area contributed by atoms with Crippen LogP contribution in [0.15, 0.2) is 41.2 Å². The second-order valence-corrected chi connectivity index (χ2v) is 4.73. The van der Waals surface area contributed by atoms with Gasteiger partial charge in [-0.1, -0.05) is 12.1 Å². The van der Waals surface area contributed by atoms with E-state index in [1.165, 1.54) is 31.4 Å². The molecule has 1 atom stereocenters. The second kappa shape index (κ2) is 7.61. The van der Waals surface area contributed by atoms with E-state index in [4.69, 9.17) is 9.84 Å². The molecule has 1 aromatic carbocycles. The molecule has 0 saturated heterocycles. The van der Waals surface area contributed by atoms with Crippen molar-refractivity contribution in [3.05, 3.63) is 58.3 Å². The molecule has 0 aliphatic carbocycles. The highest BCUT2D eigenvalue weighted by Crippen LogP contribution is 2.09. The van der Waals surface area contributed by atoms with E-state index in [0.717, 1.165) is 10.7 Å². The Bertz CT molecular complexity index is 747. The van der Waals surface area contributed by atoms with Gasteiger partial charge in [-0.15, -0.1) is 0 Å². The average molecular weight is 321 g/mol. The van der Waals surface area contributed by atoms with Crippen molar-refractivity contribution in [1.29, 1.82) is 0 Å². The summed E-state index contributed by atoms with van der Waals surface area (Å²) in [7, 11) is 1.44. The van der Waals surface area contributed by atoms with E-state index in [9.17, 15) is 14.0 Å². The van der Waals surface area contributed by atoms with Gasteiger partial charge in [0.1, 0.15) is 17.2 Å². The molecule has 0 saturated carbocycles. The number of benzene rings is 1. The van der Waals surface area contributed by atoms with E-state index >= 15 is 0 Å². The fourth-order valence-electron chi connectivity index (χ4n) is 1.93. The van der Waals surface area contributed by atoms with Crippen LogP contribution in [0.4, 0.5) is 4.39 Å². The molecule has 0 spiro atoms. The van der Waals surface area contributed by atoms with Crippen LogP contribution in [0.5, 0.6) is 0 Å². The molecule has 23 heavy (non-hydrogen) atoms. The third-order valence-corrected chi connectivity index (χ3v) is 3.04. The summed E-state index contributed by atoms with van der Waals surface area (Å²) in [6.07, 6.45) is 0. The summed E-state index contributed by atoms with van der Waals surface area (Å²) in [6.45, 7) is -0.193. The molecule has 7 nitrogen and oxygen atoms in total. The van der Waals surface area contributed by atoms with Gasteiger partial charge in [0.25, 0.3) is 11.5 Å². The molecule has 2 N–H and O–H groups in total. The number of aliphatic hydroxyl groups is 1. The predicted octanol–water partition coefficient (Wildman–Crippen LogP) is 0.109.